The van der Waals surface area contributed by atoms with Gasteiger partial charge in [-0.1, -0.05) is 13.8 Å². The van der Waals surface area contributed by atoms with Crippen LogP contribution in [0.3, 0.4) is 0 Å². The van der Waals surface area contributed by atoms with Crippen LogP contribution in [-0.4, -0.2) is 14.5 Å². The summed E-state index contributed by atoms with van der Waals surface area (Å²) in [5.41, 5.74) is 3.76. The van der Waals surface area contributed by atoms with Crippen LogP contribution in [0.4, 0.5) is 0 Å². The Morgan fingerprint density at radius 1 is 1.15 bits per heavy atom. The Hall–Kier alpha value is -2.36. The lowest BCUT2D eigenvalue weighted by Crippen LogP contribution is -2.05. The SMILES string of the molecule is CC.Cc1ccc(-n2cc(C)c3c(=O)[nH]ccc32)cn1. The fourth-order valence-corrected chi connectivity index (χ4v) is 2.19. The zero-order valence-electron chi connectivity index (χ0n) is 12.3. The molecule has 0 aliphatic heterocycles. The smallest absolute Gasteiger partial charge is 0.257 e. The molecule has 0 saturated heterocycles. The number of hydrogen-bond acceptors (Lipinski definition) is 2. The molecule has 3 aromatic heterocycles. The van der Waals surface area contributed by atoms with Gasteiger partial charge in [0.25, 0.3) is 5.56 Å². The average molecular weight is 269 g/mol. The molecule has 0 amide bonds. The van der Waals surface area contributed by atoms with E-state index in [9.17, 15) is 4.79 Å². The second kappa shape index (κ2) is 5.74. The Bertz CT molecular complexity index is 767. The molecule has 104 valence electrons. The second-order valence-electron chi connectivity index (χ2n) is 4.41. The number of fused-ring (bicyclic) bond motifs is 1. The molecule has 3 heterocycles. The number of hydrogen-bond donors (Lipinski definition) is 1. The first-order chi connectivity index (χ1) is 9.66. The zero-order valence-corrected chi connectivity index (χ0v) is 12.3. The van der Waals surface area contributed by atoms with E-state index < -0.39 is 0 Å². The molecule has 0 spiro atoms. The molecular weight excluding hydrogens is 250 g/mol. The standard InChI is InChI=1S/C14H13N3O.C2H6/c1-9-8-17(11-4-3-10(2)16-7-11)12-5-6-15-14(18)13(9)12;1-2/h3-8H,1-2H3,(H,15,18);1-2H3. The summed E-state index contributed by atoms with van der Waals surface area (Å²) in [5, 5.41) is 0.734. The topological polar surface area (TPSA) is 50.7 Å². The number of nitrogens with zero attached hydrogens (tertiary/aromatic N) is 2. The molecule has 4 heteroatoms. The van der Waals surface area contributed by atoms with Gasteiger partial charge in [-0.15, -0.1) is 0 Å². The molecule has 0 unspecified atom stereocenters. The van der Waals surface area contributed by atoms with Crippen LogP contribution in [0.2, 0.25) is 0 Å². The summed E-state index contributed by atoms with van der Waals surface area (Å²) in [6.45, 7) is 7.89. The summed E-state index contributed by atoms with van der Waals surface area (Å²) in [6, 6.07) is 5.87. The largest absolute Gasteiger partial charge is 0.328 e. The maximum atomic E-state index is 11.8. The fraction of sp³-hybridized carbons (Fsp3) is 0.250. The number of rotatable bonds is 1. The number of pyridine rings is 2. The van der Waals surface area contributed by atoms with Crippen LogP contribution in [-0.2, 0) is 0 Å². The van der Waals surface area contributed by atoms with Crippen molar-refractivity contribution in [3.05, 3.63) is 58.4 Å². The maximum absolute atomic E-state index is 11.8. The fourth-order valence-electron chi connectivity index (χ4n) is 2.19. The van der Waals surface area contributed by atoms with Gasteiger partial charge in [-0.25, -0.2) is 0 Å². The molecule has 4 nitrogen and oxygen atoms in total. The third-order valence-electron chi connectivity index (χ3n) is 3.09. The number of nitrogens with one attached hydrogen (secondary N) is 1. The summed E-state index contributed by atoms with van der Waals surface area (Å²) in [6.07, 6.45) is 5.45. The van der Waals surface area contributed by atoms with E-state index in [-0.39, 0.29) is 5.56 Å². The zero-order chi connectivity index (χ0) is 14.7. The van der Waals surface area contributed by atoms with Gasteiger partial charge in [-0.05, 0) is 37.6 Å². The Morgan fingerprint density at radius 3 is 2.55 bits per heavy atom. The first-order valence-corrected chi connectivity index (χ1v) is 6.79. The van der Waals surface area contributed by atoms with Gasteiger partial charge in [-0.3, -0.25) is 9.78 Å². The van der Waals surface area contributed by atoms with Gasteiger partial charge in [0.2, 0.25) is 0 Å². The molecule has 0 aliphatic carbocycles. The molecule has 3 aromatic rings. The highest BCUT2D eigenvalue weighted by Crippen LogP contribution is 2.20. The number of aromatic amines is 1. The van der Waals surface area contributed by atoms with E-state index in [1.807, 2.05) is 62.9 Å². The van der Waals surface area contributed by atoms with Gasteiger partial charge in [-0.2, -0.15) is 0 Å². The highest BCUT2D eigenvalue weighted by Gasteiger charge is 2.09. The first-order valence-electron chi connectivity index (χ1n) is 6.79. The van der Waals surface area contributed by atoms with Gasteiger partial charge >= 0.3 is 0 Å². The van der Waals surface area contributed by atoms with E-state index in [0.29, 0.717) is 0 Å². The number of aromatic nitrogens is 3. The van der Waals surface area contributed by atoms with Crippen LogP contribution in [0.25, 0.3) is 16.6 Å². The maximum Gasteiger partial charge on any atom is 0.257 e. The van der Waals surface area contributed by atoms with Crippen molar-refractivity contribution in [1.82, 2.24) is 14.5 Å². The van der Waals surface area contributed by atoms with Crippen LogP contribution < -0.4 is 5.56 Å². The van der Waals surface area contributed by atoms with Gasteiger partial charge in [0.1, 0.15) is 0 Å². The Morgan fingerprint density at radius 2 is 1.90 bits per heavy atom. The van der Waals surface area contributed by atoms with E-state index in [2.05, 4.69) is 9.97 Å². The molecule has 0 saturated carbocycles. The van der Waals surface area contributed by atoms with Crippen molar-refractivity contribution < 1.29 is 0 Å². The average Bonchev–Trinajstić information content (AvgIpc) is 2.81. The molecule has 0 bridgehead atoms. The van der Waals surface area contributed by atoms with Crippen LogP contribution in [0, 0.1) is 13.8 Å². The van der Waals surface area contributed by atoms with Crippen LogP contribution >= 0.6 is 0 Å². The van der Waals surface area contributed by atoms with Gasteiger partial charge < -0.3 is 9.55 Å². The van der Waals surface area contributed by atoms with Crippen molar-refractivity contribution in [2.75, 3.05) is 0 Å². The quantitative estimate of drug-likeness (QED) is 0.736. The number of aryl methyl sites for hydroxylation is 2. The van der Waals surface area contributed by atoms with Gasteiger partial charge in [0.05, 0.1) is 22.8 Å². The normalized spacial score (nSPS) is 10.2. The summed E-state index contributed by atoms with van der Waals surface area (Å²) in [5.74, 6) is 0. The molecule has 0 aliphatic rings. The summed E-state index contributed by atoms with van der Waals surface area (Å²) < 4.78 is 1.99. The van der Waals surface area contributed by atoms with Crippen LogP contribution in [0.15, 0.2) is 41.6 Å². The van der Waals surface area contributed by atoms with Crippen molar-refractivity contribution in [1.29, 1.82) is 0 Å². The predicted octanol–water partition coefficient (Wildman–Crippen LogP) is 3.36. The molecule has 20 heavy (non-hydrogen) atoms. The molecule has 0 aromatic carbocycles. The third kappa shape index (κ3) is 2.37. The van der Waals surface area contributed by atoms with E-state index in [1.54, 1.807) is 6.20 Å². The van der Waals surface area contributed by atoms with E-state index in [1.165, 1.54) is 0 Å². The van der Waals surface area contributed by atoms with Gasteiger partial charge in [0.15, 0.2) is 0 Å². The minimum absolute atomic E-state index is 0.0520. The molecule has 0 atom stereocenters. The Balaban J connectivity index is 0.000000704. The summed E-state index contributed by atoms with van der Waals surface area (Å²) >= 11 is 0. The molecular formula is C16H19N3O. The molecule has 0 fully saturated rings. The predicted molar refractivity (Wildman–Crippen MR) is 82.5 cm³/mol. The Labute approximate surface area is 118 Å². The molecule has 3 rings (SSSR count). The van der Waals surface area contributed by atoms with Crippen molar-refractivity contribution in [3.63, 3.8) is 0 Å². The second-order valence-corrected chi connectivity index (χ2v) is 4.41. The Kier molecular flexibility index (Phi) is 4.03. The highest BCUT2D eigenvalue weighted by atomic mass is 16.1. The van der Waals surface area contributed by atoms with E-state index in [4.69, 9.17) is 0 Å². The van der Waals surface area contributed by atoms with Crippen molar-refractivity contribution in [2.45, 2.75) is 27.7 Å². The first kappa shape index (κ1) is 14.1. The van der Waals surface area contributed by atoms with E-state index >= 15 is 0 Å². The number of H-pyrrole nitrogens is 1. The van der Waals surface area contributed by atoms with E-state index in [0.717, 1.165) is 27.8 Å². The lowest BCUT2D eigenvalue weighted by atomic mass is 10.2. The van der Waals surface area contributed by atoms with Gasteiger partial charge in [0, 0.05) is 18.1 Å². The van der Waals surface area contributed by atoms with Crippen LogP contribution in [0.5, 0.6) is 0 Å². The summed E-state index contributed by atoms with van der Waals surface area (Å²) in [7, 11) is 0. The molecule has 0 radical (unpaired) electrons. The molecule has 1 N–H and O–H groups in total. The highest BCUT2D eigenvalue weighted by molar-refractivity contribution is 5.84. The minimum atomic E-state index is -0.0520. The minimum Gasteiger partial charge on any atom is -0.328 e. The van der Waals surface area contributed by atoms with Crippen LogP contribution in [0.1, 0.15) is 25.1 Å². The van der Waals surface area contributed by atoms with Crippen molar-refractivity contribution in [3.8, 4) is 5.69 Å². The lowest BCUT2D eigenvalue weighted by Gasteiger charge is -2.04. The monoisotopic (exact) mass is 269 g/mol. The van der Waals surface area contributed by atoms with Crippen molar-refractivity contribution in [2.24, 2.45) is 0 Å². The summed E-state index contributed by atoms with van der Waals surface area (Å²) in [4.78, 5) is 18.8. The lowest BCUT2D eigenvalue weighted by molar-refractivity contribution is 1.07. The third-order valence-corrected chi connectivity index (χ3v) is 3.09. The van der Waals surface area contributed by atoms with Crippen molar-refractivity contribution >= 4 is 10.9 Å².